The summed E-state index contributed by atoms with van der Waals surface area (Å²) in [5.41, 5.74) is 7.94. The van der Waals surface area contributed by atoms with Gasteiger partial charge in [-0.3, -0.25) is 9.59 Å². The molecule has 24 heavy (non-hydrogen) atoms. The molecule has 0 bridgehead atoms. The second-order valence-electron chi connectivity index (χ2n) is 6.89. The summed E-state index contributed by atoms with van der Waals surface area (Å²) in [6.45, 7) is 3.56. The van der Waals surface area contributed by atoms with E-state index in [0.717, 1.165) is 44.5 Å². The number of anilines is 1. The highest BCUT2D eigenvalue weighted by Gasteiger charge is 2.44. The van der Waals surface area contributed by atoms with Crippen molar-refractivity contribution in [1.29, 1.82) is 0 Å². The van der Waals surface area contributed by atoms with E-state index >= 15 is 0 Å². The first kappa shape index (κ1) is 16.7. The number of aromatic nitrogens is 2. The quantitative estimate of drug-likeness (QED) is 0.794. The van der Waals surface area contributed by atoms with E-state index < -0.39 is 0 Å². The average molecular weight is 331 g/mol. The Labute approximate surface area is 142 Å². The highest BCUT2D eigenvalue weighted by Crippen LogP contribution is 2.44. The molecule has 0 radical (unpaired) electrons. The Hall–Kier alpha value is -2.18. The number of likely N-dealkylation sites (tertiary alicyclic amines) is 1. The largest absolute Gasteiger partial charge is 0.368 e. The molecular weight excluding hydrogens is 306 g/mol. The molecule has 7 heteroatoms. The normalized spacial score (nSPS) is 22.5. The smallest absolute Gasteiger partial charge is 0.222 e. The summed E-state index contributed by atoms with van der Waals surface area (Å²) >= 11 is 0. The molecular formula is C17H25N5O2. The summed E-state index contributed by atoms with van der Waals surface area (Å²) in [6, 6.07) is 0. The molecule has 0 aromatic carbocycles. The maximum absolute atomic E-state index is 12.5. The first-order valence-corrected chi connectivity index (χ1v) is 8.64. The number of piperidine rings is 1. The van der Waals surface area contributed by atoms with Gasteiger partial charge in [0.25, 0.3) is 0 Å². The summed E-state index contributed by atoms with van der Waals surface area (Å²) in [7, 11) is 0. The van der Waals surface area contributed by atoms with Crippen molar-refractivity contribution in [3.8, 4) is 0 Å². The van der Waals surface area contributed by atoms with Crippen molar-refractivity contribution in [3.05, 3.63) is 17.5 Å². The first-order chi connectivity index (χ1) is 11.5. The molecule has 3 rings (SSSR count). The fourth-order valence-electron chi connectivity index (χ4n) is 3.96. The summed E-state index contributed by atoms with van der Waals surface area (Å²) in [4.78, 5) is 34.0. The van der Waals surface area contributed by atoms with Gasteiger partial charge in [-0.2, -0.15) is 0 Å². The van der Waals surface area contributed by atoms with E-state index in [1.54, 1.807) is 0 Å². The molecule has 1 aromatic rings. The predicted octanol–water partition coefficient (Wildman–Crippen LogP) is 0.782. The molecule has 1 aromatic heterocycles. The molecule has 3 N–H and O–H groups in total. The van der Waals surface area contributed by atoms with Crippen LogP contribution in [0.15, 0.2) is 6.20 Å². The van der Waals surface area contributed by atoms with Gasteiger partial charge in [0.1, 0.15) is 0 Å². The lowest BCUT2D eigenvalue weighted by molar-refractivity contribution is -0.133. The molecule has 130 valence electrons. The van der Waals surface area contributed by atoms with Crippen LogP contribution in [0.4, 0.5) is 5.95 Å². The molecule has 2 heterocycles. The second kappa shape index (κ2) is 6.75. The molecule has 1 atom stereocenters. The number of rotatable bonds is 4. The van der Waals surface area contributed by atoms with E-state index in [2.05, 4.69) is 15.3 Å². The molecule has 0 saturated carbocycles. The number of carbonyl (C=O) groups excluding carboxylic acids is 2. The average Bonchev–Trinajstić information content (AvgIpc) is 2.89. The molecule has 2 aliphatic rings. The van der Waals surface area contributed by atoms with Crippen molar-refractivity contribution in [2.45, 2.75) is 50.9 Å². The summed E-state index contributed by atoms with van der Waals surface area (Å²) in [6.07, 6.45) is 6.98. The lowest BCUT2D eigenvalue weighted by atomic mass is 9.77. The first-order valence-electron chi connectivity index (χ1n) is 8.64. The van der Waals surface area contributed by atoms with E-state index in [9.17, 15) is 9.59 Å². The van der Waals surface area contributed by atoms with E-state index in [1.807, 2.05) is 11.1 Å². The molecule has 1 spiro atoms. The van der Waals surface area contributed by atoms with Gasteiger partial charge in [0.2, 0.25) is 17.8 Å². The number of nitrogen functional groups attached to an aromatic ring is 1. The Morgan fingerprint density at radius 2 is 2.25 bits per heavy atom. The molecule has 1 unspecified atom stereocenters. The van der Waals surface area contributed by atoms with Crippen LogP contribution < -0.4 is 11.1 Å². The minimum Gasteiger partial charge on any atom is -0.368 e. The van der Waals surface area contributed by atoms with Crippen LogP contribution in [0.5, 0.6) is 0 Å². The standard InChI is InChI=1S/C17H25N5O2/c1-12(23)19-8-2-4-14(24)22-9-3-6-17(11-22)7-5-13-10-20-16(18)21-15(13)17/h10H,2-9,11H2,1H3,(H,19,23)(H2,18,20,21). The number of hydrogen-bond donors (Lipinski definition) is 2. The van der Waals surface area contributed by atoms with Crippen LogP contribution in [-0.4, -0.2) is 46.3 Å². The van der Waals surface area contributed by atoms with E-state index in [-0.39, 0.29) is 17.2 Å². The summed E-state index contributed by atoms with van der Waals surface area (Å²) in [5.74, 6) is 0.419. The number of fused-ring (bicyclic) bond motifs is 2. The van der Waals surface area contributed by atoms with Crippen molar-refractivity contribution < 1.29 is 9.59 Å². The summed E-state index contributed by atoms with van der Waals surface area (Å²) < 4.78 is 0. The highest BCUT2D eigenvalue weighted by molar-refractivity contribution is 5.77. The third-order valence-electron chi connectivity index (χ3n) is 5.13. The van der Waals surface area contributed by atoms with Crippen LogP contribution in [0.3, 0.4) is 0 Å². The van der Waals surface area contributed by atoms with Crippen LogP contribution in [0.1, 0.15) is 50.3 Å². The van der Waals surface area contributed by atoms with Crippen molar-refractivity contribution in [2.24, 2.45) is 0 Å². The van der Waals surface area contributed by atoms with E-state index in [1.165, 1.54) is 12.5 Å². The predicted molar refractivity (Wildman–Crippen MR) is 90.2 cm³/mol. The Bertz CT molecular complexity index is 644. The van der Waals surface area contributed by atoms with Gasteiger partial charge in [0.05, 0.1) is 5.69 Å². The van der Waals surface area contributed by atoms with Gasteiger partial charge in [-0.15, -0.1) is 0 Å². The molecule has 1 aliphatic heterocycles. The minimum atomic E-state index is -0.0576. The van der Waals surface area contributed by atoms with Crippen molar-refractivity contribution in [1.82, 2.24) is 20.2 Å². The maximum Gasteiger partial charge on any atom is 0.222 e. The zero-order valence-electron chi connectivity index (χ0n) is 14.2. The van der Waals surface area contributed by atoms with Gasteiger partial charge in [0, 0.05) is 44.6 Å². The van der Waals surface area contributed by atoms with Crippen LogP contribution in [0, 0.1) is 0 Å². The van der Waals surface area contributed by atoms with Crippen molar-refractivity contribution in [2.75, 3.05) is 25.4 Å². The van der Waals surface area contributed by atoms with E-state index in [0.29, 0.717) is 25.3 Å². The molecule has 1 saturated heterocycles. The maximum atomic E-state index is 12.5. The minimum absolute atomic E-state index is 0.0563. The van der Waals surface area contributed by atoms with Crippen molar-refractivity contribution in [3.63, 3.8) is 0 Å². The van der Waals surface area contributed by atoms with Crippen LogP contribution in [0.2, 0.25) is 0 Å². The Morgan fingerprint density at radius 3 is 3.04 bits per heavy atom. The van der Waals surface area contributed by atoms with Gasteiger partial charge in [-0.05, 0) is 37.7 Å². The van der Waals surface area contributed by atoms with Gasteiger partial charge in [-0.25, -0.2) is 9.97 Å². The number of carbonyl (C=O) groups is 2. The number of nitrogens with two attached hydrogens (primary N) is 1. The second-order valence-corrected chi connectivity index (χ2v) is 6.89. The molecule has 1 aliphatic carbocycles. The highest BCUT2D eigenvalue weighted by atomic mass is 16.2. The molecule has 7 nitrogen and oxygen atoms in total. The lowest BCUT2D eigenvalue weighted by Crippen LogP contribution is -2.48. The lowest BCUT2D eigenvalue weighted by Gasteiger charge is -2.40. The zero-order chi connectivity index (χ0) is 17.2. The van der Waals surface area contributed by atoms with Crippen molar-refractivity contribution >= 4 is 17.8 Å². The van der Waals surface area contributed by atoms with Crippen LogP contribution >= 0.6 is 0 Å². The van der Waals surface area contributed by atoms with Gasteiger partial charge < -0.3 is 16.0 Å². The van der Waals surface area contributed by atoms with Crippen LogP contribution in [0.25, 0.3) is 0 Å². The zero-order valence-corrected chi connectivity index (χ0v) is 14.2. The fraction of sp³-hybridized carbons (Fsp3) is 0.647. The topological polar surface area (TPSA) is 101 Å². The van der Waals surface area contributed by atoms with Gasteiger partial charge in [0.15, 0.2) is 0 Å². The summed E-state index contributed by atoms with van der Waals surface area (Å²) in [5, 5.41) is 2.73. The van der Waals surface area contributed by atoms with E-state index in [4.69, 9.17) is 5.73 Å². The number of aryl methyl sites for hydroxylation is 1. The Balaban J connectivity index is 1.64. The number of nitrogens with one attached hydrogen (secondary N) is 1. The molecule has 2 amide bonds. The third-order valence-corrected chi connectivity index (χ3v) is 5.13. The Kier molecular flexibility index (Phi) is 4.69. The number of amides is 2. The van der Waals surface area contributed by atoms with Gasteiger partial charge >= 0.3 is 0 Å². The SMILES string of the molecule is CC(=O)NCCCC(=O)N1CCCC2(CCc3cnc(N)nc32)C1. The third kappa shape index (κ3) is 3.34. The monoisotopic (exact) mass is 331 g/mol. The molecule has 1 fully saturated rings. The number of hydrogen-bond acceptors (Lipinski definition) is 5. The van der Waals surface area contributed by atoms with Gasteiger partial charge in [-0.1, -0.05) is 0 Å². The Morgan fingerprint density at radius 1 is 1.42 bits per heavy atom. The fourth-order valence-corrected chi connectivity index (χ4v) is 3.96. The van der Waals surface area contributed by atoms with Crippen LogP contribution in [-0.2, 0) is 21.4 Å². The number of nitrogens with zero attached hydrogens (tertiary/aromatic N) is 3.